The van der Waals surface area contributed by atoms with E-state index < -0.39 is 0 Å². The molecule has 0 aromatic rings. The van der Waals surface area contributed by atoms with E-state index in [-0.39, 0.29) is 0 Å². The van der Waals surface area contributed by atoms with Crippen molar-refractivity contribution >= 4 is 23.1 Å². The van der Waals surface area contributed by atoms with Crippen molar-refractivity contribution in [2.75, 3.05) is 6.26 Å². The maximum Gasteiger partial charge on any atom is 0.174 e. The molecule has 0 aromatic carbocycles. The van der Waals surface area contributed by atoms with Gasteiger partial charge in [-0.1, -0.05) is 6.58 Å². The average molecular weight is 129 g/mol. The van der Waals surface area contributed by atoms with Crippen LogP contribution in [0.25, 0.3) is 0 Å². The minimum atomic E-state index is 0.458. The number of carbonyl (C=O) groups is 1. The van der Waals surface area contributed by atoms with Gasteiger partial charge in [-0.15, -0.1) is 11.8 Å². The van der Waals surface area contributed by atoms with Crippen molar-refractivity contribution in [1.29, 1.82) is 0 Å². The van der Waals surface area contributed by atoms with E-state index in [2.05, 4.69) is 11.6 Å². The number of nitrogens with zero attached hydrogens (tertiary/aromatic N) is 1. The van der Waals surface area contributed by atoms with Crippen LogP contribution in [0.2, 0.25) is 0 Å². The van der Waals surface area contributed by atoms with Crippen molar-refractivity contribution in [2.45, 2.75) is 0 Å². The average Bonchev–Trinajstić information content (AvgIpc) is 1.83. The second-order valence-electron chi connectivity index (χ2n) is 0.972. The molecule has 0 spiro atoms. The summed E-state index contributed by atoms with van der Waals surface area (Å²) in [7, 11) is 0. The third-order valence-electron chi connectivity index (χ3n) is 0.528. The zero-order chi connectivity index (χ0) is 6.41. The lowest BCUT2D eigenvalue weighted by Gasteiger charge is -1.83. The van der Waals surface area contributed by atoms with Gasteiger partial charge in [0.05, 0.1) is 0 Å². The fraction of sp³-hybridized carbons (Fsp3) is 0.200. The Morgan fingerprint density at radius 2 is 2.50 bits per heavy atom. The minimum Gasteiger partial charge on any atom is -0.296 e. The normalized spacial score (nSPS) is 10.9. The van der Waals surface area contributed by atoms with E-state index in [0.29, 0.717) is 11.3 Å². The summed E-state index contributed by atoms with van der Waals surface area (Å²) < 4.78 is 0. The predicted molar refractivity (Wildman–Crippen MR) is 37.2 cm³/mol. The first kappa shape index (κ1) is 7.43. The molecule has 8 heavy (non-hydrogen) atoms. The number of aliphatic imine (C=N–C) groups is 1. The molecule has 0 heterocycles. The molecule has 0 saturated heterocycles. The Bertz CT molecular complexity index is 120. The minimum absolute atomic E-state index is 0.458. The Morgan fingerprint density at radius 3 is 2.62 bits per heavy atom. The van der Waals surface area contributed by atoms with Gasteiger partial charge in [0.15, 0.2) is 6.29 Å². The van der Waals surface area contributed by atoms with Crippen LogP contribution in [-0.4, -0.2) is 17.6 Å². The molecule has 0 rings (SSSR count). The highest BCUT2D eigenvalue weighted by atomic mass is 32.2. The van der Waals surface area contributed by atoms with Gasteiger partial charge in [-0.25, -0.2) is 4.99 Å². The molecule has 0 bridgehead atoms. The first-order valence-corrected chi connectivity index (χ1v) is 3.25. The summed E-state index contributed by atoms with van der Waals surface area (Å²) in [6.45, 7) is 3.34. The maximum absolute atomic E-state index is 9.93. The molecule has 0 fully saturated rings. The first-order chi connectivity index (χ1) is 3.85. The Labute approximate surface area is 52.7 Å². The van der Waals surface area contributed by atoms with E-state index in [1.54, 1.807) is 6.26 Å². The molecule has 3 heteroatoms. The summed E-state index contributed by atoms with van der Waals surface area (Å²) in [6.07, 6.45) is 3.84. The second kappa shape index (κ2) is 4.59. The topological polar surface area (TPSA) is 29.4 Å². The van der Waals surface area contributed by atoms with Gasteiger partial charge >= 0.3 is 0 Å². The number of hydrogen-bond donors (Lipinski definition) is 0. The van der Waals surface area contributed by atoms with Crippen LogP contribution in [0.1, 0.15) is 0 Å². The van der Waals surface area contributed by atoms with Crippen molar-refractivity contribution in [1.82, 2.24) is 0 Å². The summed E-state index contributed by atoms with van der Waals surface area (Å²) in [6, 6.07) is 0. The van der Waals surface area contributed by atoms with Gasteiger partial charge in [-0.05, 0) is 6.26 Å². The molecule has 0 saturated carbocycles. The van der Waals surface area contributed by atoms with Crippen LogP contribution in [0.5, 0.6) is 0 Å². The smallest absolute Gasteiger partial charge is 0.174 e. The molecule has 0 aromatic heterocycles. The van der Waals surface area contributed by atoms with Crippen LogP contribution < -0.4 is 0 Å². The standard InChI is InChI=1S/C5H7NOS/c1-3-6-5(4-7)8-2/h3-4H,1H2,2H3. The van der Waals surface area contributed by atoms with Crippen molar-refractivity contribution in [2.24, 2.45) is 4.99 Å². The zero-order valence-corrected chi connectivity index (χ0v) is 5.44. The Hall–Kier alpha value is -0.570. The summed E-state index contributed by atoms with van der Waals surface area (Å²) in [5, 5.41) is 0.458. The summed E-state index contributed by atoms with van der Waals surface area (Å²) in [5.74, 6) is 0. The lowest BCUT2D eigenvalue weighted by atomic mass is 10.8. The van der Waals surface area contributed by atoms with Gasteiger partial charge in [0, 0.05) is 6.20 Å². The van der Waals surface area contributed by atoms with E-state index in [9.17, 15) is 4.79 Å². The lowest BCUT2D eigenvalue weighted by Crippen LogP contribution is -1.88. The number of hydrogen-bond acceptors (Lipinski definition) is 3. The molecule has 0 aliphatic carbocycles. The number of carbonyl (C=O) groups excluding carboxylic acids is 1. The third kappa shape index (κ3) is 2.58. The molecule has 0 radical (unpaired) electrons. The molecular formula is C5H7NOS. The molecular weight excluding hydrogens is 122 g/mol. The quantitative estimate of drug-likeness (QED) is 0.317. The van der Waals surface area contributed by atoms with E-state index >= 15 is 0 Å². The zero-order valence-electron chi connectivity index (χ0n) is 4.63. The van der Waals surface area contributed by atoms with Gasteiger partial charge in [-0.3, -0.25) is 4.79 Å². The highest BCUT2D eigenvalue weighted by Crippen LogP contribution is 1.93. The van der Waals surface area contributed by atoms with Crippen LogP contribution in [0.15, 0.2) is 17.8 Å². The molecule has 2 nitrogen and oxygen atoms in total. The van der Waals surface area contributed by atoms with Crippen LogP contribution in [0.3, 0.4) is 0 Å². The van der Waals surface area contributed by atoms with Crippen molar-refractivity contribution in [3.8, 4) is 0 Å². The van der Waals surface area contributed by atoms with Gasteiger partial charge < -0.3 is 0 Å². The van der Waals surface area contributed by atoms with E-state index in [4.69, 9.17) is 0 Å². The monoisotopic (exact) mass is 129 g/mol. The Morgan fingerprint density at radius 1 is 1.88 bits per heavy atom. The fourth-order valence-corrected chi connectivity index (χ4v) is 0.497. The summed E-state index contributed by atoms with van der Waals surface area (Å²) in [4.78, 5) is 13.6. The SMILES string of the molecule is C=CN=C(C=O)SC. The Balaban J connectivity index is 3.84. The van der Waals surface area contributed by atoms with Crippen molar-refractivity contribution in [3.63, 3.8) is 0 Å². The highest BCUT2D eigenvalue weighted by molar-refractivity contribution is 8.14. The molecule has 0 N–H and O–H groups in total. The fourth-order valence-electron chi connectivity index (χ4n) is 0.221. The molecule has 0 amide bonds. The second-order valence-corrected chi connectivity index (χ2v) is 1.80. The number of thioether (sulfide) groups is 1. The van der Waals surface area contributed by atoms with Crippen molar-refractivity contribution in [3.05, 3.63) is 12.8 Å². The Kier molecular flexibility index (Phi) is 4.26. The molecule has 0 unspecified atom stereocenters. The number of rotatable bonds is 2. The summed E-state index contributed by atoms with van der Waals surface area (Å²) >= 11 is 1.31. The lowest BCUT2D eigenvalue weighted by molar-refractivity contribution is -0.102. The molecule has 0 aliphatic rings. The van der Waals surface area contributed by atoms with E-state index in [1.165, 1.54) is 18.0 Å². The van der Waals surface area contributed by atoms with Gasteiger partial charge in [0.2, 0.25) is 0 Å². The van der Waals surface area contributed by atoms with E-state index in [0.717, 1.165) is 0 Å². The highest BCUT2D eigenvalue weighted by Gasteiger charge is 1.86. The molecule has 0 atom stereocenters. The van der Waals surface area contributed by atoms with Gasteiger partial charge in [0.25, 0.3) is 0 Å². The van der Waals surface area contributed by atoms with Gasteiger partial charge in [0.1, 0.15) is 5.04 Å². The summed E-state index contributed by atoms with van der Waals surface area (Å²) in [5.41, 5.74) is 0. The largest absolute Gasteiger partial charge is 0.296 e. The van der Waals surface area contributed by atoms with Crippen LogP contribution >= 0.6 is 11.8 Å². The third-order valence-corrected chi connectivity index (χ3v) is 1.15. The van der Waals surface area contributed by atoms with Crippen molar-refractivity contribution < 1.29 is 4.79 Å². The first-order valence-electron chi connectivity index (χ1n) is 2.03. The predicted octanol–water partition coefficient (Wildman–Crippen LogP) is 1.09. The molecule has 44 valence electrons. The van der Waals surface area contributed by atoms with Crippen LogP contribution in [0, 0.1) is 0 Å². The number of aldehydes is 1. The van der Waals surface area contributed by atoms with E-state index in [1.807, 2.05) is 0 Å². The van der Waals surface area contributed by atoms with Crippen LogP contribution in [0.4, 0.5) is 0 Å². The van der Waals surface area contributed by atoms with Gasteiger partial charge in [-0.2, -0.15) is 0 Å². The maximum atomic E-state index is 9.93. The van der Waals surface area contributed by atoms with Crippen LogP contribution in [-0.2, 0) is 4.79 Å². The molecule has 0 aliphatic heterocycles.